The molecule has 1 unspecified atom stereocenters. The maximum atomic E-state index is 12.6. The molecule has 1 saturated heterocycles. The van der Waals surface area contributed by atoms with Crippen LogP contribution in [0.4, 0.5) is 0 Å². The molecule has 3 heterocycles. The summed E-state index contributed by atoms with van der Waals surface area (Å²) in [5, 5.41) is 9.22. The Morgan fingerprint density at radius 3 is 2.96 bits per heavy atom. The van der Waals surface area contributed by atoms with E-state index in [1.165, 1.54) is 4.68 Å². The van der Waals surface area contributed by atoms with Gasteiger partial charge in [0.25, 0.3) is 0 Å². The number of aromatic nitrogens is 3. The predicted octanol–water partition coefficient (Wildman–Crippen LogP) is 1.40. The number of ether oxygens (including phenoxy) is 1. The number of nitrogens with one attached hydrogen (secondary N) is 1. The fraction of sp³-hybridized carbons (Fsp3) is 0.562. The molecule has 1 N–H and O–H groups in total. The van der Waals surface area contributed by atoms with Crippen molar-refractivity contribution in [2.45, 2.75) is 44.4 Å². The van der Waals surface area contributed by atoms with Gasteiger partial charge in [-0.15, -0.1) is 16.4 Å². The van der Waals surface area contributed by atoms with E-state index in [-0.39, 0.29) is 30.3 Å². The molecule has 1 aliphatic heterocycles. The Bertz CT molecular complexity index is 770. The summed E-state index contributed by atoms with van der Waals surface area (Å²) in [4.78, 5) is 25.7. The fourth-order valence-electron chi connectivity index (χ4n) is 2.98. The van der Waals surface area contributed by atoms with E-state index in [4.69, 9.17) is 4.74 Å². The average Bonchev–Trinajstić information content (AvgIpc) is 3.00. The second-order valence-electron chi connectivity index (χ2n) is 6.28. The van der Waals surface area contributed by atoms with Crippen LogP contribution in [0, 0.1) is 0 Å². The quantitative estimate of drug-likeness (QED) is 0.856. The minimum atomic E-state index is -0.203. The van der Waals surface area contributed by atoms with Crippen molar-refractivity contribution in [3.8, 4) is 10.7 Å². The summed E-state index contributed by atoms with van der Waals surface area (Å²) in [5.74, 6) is 0.468. The first kappa shape index (κ1) is 15.6. The van der Waals surface area contributed by atoms with Gasteiger partial charge in [-0.3, -0.25) is 9.36 Å². The van der Waals surface area contributed by atoms with Gasteiger partial charge in [-0.05, 0) is 37.1 Å². The van der Waals surface area contributed by atoms with Crippen molar-refractivity contribution in [2.75, 3.05) is 13.2 Å². The van der Waals surface area contributed by atoms with E-state index in [0.29, 0.717) is 12.4 Å². The zero-order valence-electron chi connectivity index (χ0n) is 13.3. The van der Waals surface area contributed by atoms with Crippen LogP contribution in [0.15, 0.2) is 22.3 Å². The SMILES string of the molecule is O=C(Cn1nc(-c2cccs2)n(C2CC2)c1=O)NCC1CCCO1. The summed E-state index contributed by atoms with van der Waals surface area (Å²) in [6.45, 7) is 1.20. The van der Waals surface area contributed by atoms with E-state index in [1.807, 2.05) is 17.5 Å². The first-order chi connectivity index (χ1) is 11.7. The lowest BCUT2D eigenvalue weighted by Gasteiger charge is -2.10. The van der Waals surface area contributed by atoms with Crippen LogP contribution in [-0.2, 0) is 16.1 Å². The van der Waals surface area contributed by atoms with Gasteiger partial charge in [0.15, 0.2) is 5.82 Å². The van der Waals surface area contributed by atoms with Gasteiger partial charge in [0.2, 0.25) is 5.91 Å². The van der Waals surface area contributed by atoms with Crippen molar-refractivity contribution in [1.82, 2.24) is 19.7 Å². The molecule has 1 aliphatic carbocycles. The fourth-order valence-corrected chi connectivity index (χ4v) is 3.69. The Balaban J connectivity index is 1.49. The molecule has 1 atom stereocenters. The number of carbonyl (C=O) groups is 1. The predicted molar refractivity (Wildman–Crippen MR) is 90.1 cm³/mol. The highest BCUT2D eigenvalue weighted by Crippen LogP contribution is 2.37. The van der Waals surface area contributed by atoms with E-state index in [2.05, 4.69) is 10.4 Å². The molecule has 7 nitrogen and oxygen atoms in total. The van der Waals surface area contributed by atoms with Gasteiger partial charge in [0.05, 0.1) is 11.0 Å². The van der Waals surface area contributed by atoms with Crippen LogP contribution in [0.2, 0.25) is 0 Å². The van der Waals surface area contributed by atoms with Gasteiger partial charge in [-0.1, -0.05) is 6.07 Å². The molecular formula is C16H20N4O3S. The standard InChI is InChI=1S/C16H20N4O3S/c21-14(17-9-12-3-1-7-23-12)10-19-16(22)20(11-5-6-11)15(18-19)13-4-2-8-24-13/h2,4,8,11-12H,1,3,5-7,9-10H2,(H,17,21). The summed E-state index contributed by atoms with van der Waals surface area (Å²) in [5.41, 5.74) is -0.201. The molecular weight excluding hydrogens is 328 g/mol. The molecule has 0 bridgehead atoms. The number of hydrogen-bond acceptors (Lipinski definition) is 5. The minimum absolute atomic E-state index is 0.0519. The average molecular weight is 348 g/mol. The first-order valence-corrected chi connectivity index (χ1v) is 9.22. The number of nitrogens with zero attached hydrogens (tertiary/aromatic N) is 3. The summed E-state index contributed by atoms with van der Waals surface area (Å²) in [6.07, 6.45) is 4.09. The lowest BCUT2D eigenvalue weighted by molar-refractivity contribution is -0.122. The number of thiophene rings is 1. The van der Waals surface area contributed by atoms with Crippen molar-refractivity contribution in [2.24, 2.45) is 0 Å². The Labute approximate surface area is 143 Å². The molecule has 8 heteroatoms. The van der Waals surface area contributed by atoms with Gasteiger partial charge < -0.3 is 10.1 Å². The highest BCUT2D eigenvalue weighted by atomic mass is 32.1. The molecule has 2 aromatic heterocycles. The molecule has 0 spiro atoms. The molecule has 1 saturated carbocycles. The number of rotatable bonds is 6. The second kappa shape index (κ2) is 6.52. The molecule has 2 aliphatic rings. The highest BCUT2D eigenvalue weighted by Gasteiger charge is 2.31. The van der Waals surface area contributed by atoms with E-state index in [9.17, 15) is 9.59 Å². The van der Waals surface area contributed by atoms with Crippen molar-refractivity contribution < 1.29 is 9.53 Å². The van der Waals surface area contributed by atoms with Gasteiger partial charge in [0, 0.05) is 19.2 Å². The Hall–Kier alpha value is -1.93. The van der Waals surface area contributed by atoms with E-state index < -0.39 is 0 Å². The molecule has 24 heavy (non-hydrogen) atoms. The maximum absolute atomic E-state index is 12.6. The van der Waals surface area contributed by atoms with Crippen LogP contribution < -0.4 is 11.0 Å². The largest absolute Gasteiger partial charge is 0.376 e. The Morgan fingerprint density at radius 2 is 2.29 bits per heavy atom. The van der Waals surface area contributed by atoms with Gasteiger partial charge >= 0.3 is 5.69 Å². The monoisotopic (exact) mass is 348 g/mol. The number of amides is 1. The van der Waals surface area contributed by atoms with E-state index in [1.54, 1.807) is 15.9 Å². The normalized spacial score (nSPS) is 20.4. The molecule has 2 fully saturated rings. The van der Waals surface area contributed by atoms with Crippen LogP contribution in [0.5, 0.6) is 0 Å². The van der Waals surface area contributed by atoms with Gasteiger partial charge in [0.1, 0.15) is 6.54 Å². The summed E-state index contributed by atoms with van der Waals surface area (Å²) in [7, 11) is 0. The number of hydrogen-bond donors (Lipinski definition) is 1. The van der Waals surface area contributed by atoms with Gasteiger partial charge in [-0.2, -0.15) is 0 Å². The molecule has 1 amide bonds. The van der Waals surface area contributed by atoms with Gasteiger partial charge in [-0.25, -0.2) is 9.48 Å². The molecule has 0 radical (unpaired) electrons. The third-order valence-corrected chi connectivity index (χ3v) is 5.23. The Kier molecular flexibility index (Phi) is 4.24. The summed E-state index contributed by atoms with van der Waals surface area (Å²) < 4.78 is 8.50. The van der Waals surface area contributed by atoms with Crippen LogP contribution in [0.25, 0.3) is 10.7 Å². The lowest BCUT2D eigenvalue weighted by Crippen LogP contribution is -2.37. The third kappa shape index (κ3) is 3.16. The van der Waals surface area contributed by atoms with Crippen LogP contribution in [-0.4, -0.2) is 39.5 Å². The molecule has 2 aromatic rings. The molecule has 4 rings (SSSR count). The summed E-state index contributed by atoms with van der Waals surface area (Å²) >= 11 is 1.55. The zero-order chi connectivity index (χ0) is 16.5. The minimum Gasteiger partial charge on any atom is -0.376 e. The van der Waals surface area contributed by atoms with Crippen LogP contribution in [0.3, 0.4) is 0 Å². The number of carbonyl (C=O) groups excluding carboxylic acids is 1. The molecule has 0 aromatic carbocycles. The van der Waals surface area contributed by atoms with Crippen molar-refractivity contribution >= 4 is 17.2 Å². The maximum Gasteiger partial charge on any atom is 0.346 e. The molecule has 128 valence electrons. The smallest absolute Gasteiger partial charge is 0.346 e. The Morgan fingerprint density at radius 1 is 1.42 bits per heavy atom. The first-order valence-electron chi connectivity index (χ1n) is 8.34. The van der Waals surface area contributed by atoms with Crippen LogP contribution in [0.1, 0.15) is 31.7 Å². The summed E-state index contributed by atoms with van der Waals surface area (Å²) in [6, 6.07) is 4.11. The van der Waals surface area contributed by atoms with E-state index >= 15 is 0 Å². The van der Waals surface area contributed by atoms with Crippen LogP contribution >= 0.6 is 11.3 Å². The third-order valence-electron chi connectivity index (χ3n) is 4.37. The second-order valence-corrected chi connectivity index (χ2v) is 7.23. The zero-order valence-corrected chi connectivity index (χ0v) is 14.1. The topological polar surface area (TPSA) is 78.2 Å². The van der Waals surface area contributed by atoms with Crippen molar-refractivity contribution in [3.63, 3.8) is 0 Å². The lowest BCUT2D eigenvalue weighted by atomic mass is 10.2. The van der Waals surface area contributed by atoms with Crippen molar-refractivity contribution in [1.29, 1.82) is 0 Å². The highest BCUT2D eigenvalue weighted by molar-refractivity contribution is 7.13. The van der Waals surface area contributed by atoms with Crippen molar-refractivity contribution in [3.05, 3.63) is 28.0 Å². The van der Waals surface area contributed by atoms with E-state index in [0.717, 1.165) is 37.2 Å².